The predicted octanol–water partition coefficient (Wildman–Crippen LogP) is 0.307. The van der Waals surface area contributed by atoms with E-state index in [2.05, 4.69) is 0 Å². The second kappa shape index (κ2) is 8.02. The monoisotopic (exact) mass is 399 g/mol. The van der Waals surface area contributed by atoms with Gasteiger partial charge in [-0.3, -0.25) is 14.5 Å². The van der Waals surface area contributed by atoms with E-state index in [4.69, 9.17) is 9.47 Å². The van der Waals surface area contributed by atoms with Crippen molar-refractivity contribution < 1.29 is 34.4 Å². The van der Waals surface area contributed by atoms with Crippen molar-refractivity contribution in [2.45, 2.75) is 37.3 Å². The van der Waals surface area contributed by atoms with Crippen LogP contribution in [0, 0.1) is 0 Å². The van der Waals surface area contributed by atoms with E-state index in [-0.39, 0.29) is 17.7 Å². The van der Waals surface area contributed by atoms with Gasteiger partial charge in [-0.15, -0.1) is 0 Å². The van der Waals surface area contributed by atoms with E-state index in [0.717, 1.165) is 10.5 Å². The summed E-state index contributed by atoms with van der Waals surface area (Å²) in [6.07, 6.45) is -5.39. The highest BCUT2D eigenvalue weighted by Crippen LogP contribution is 2.32. The topological polar surface area (TPSA) is 117 Å². The van der Waals surface area contributed by atoms with Crippen LogP contribution in [0.4, 0.5) is 0 Å². The Bertz CT molecular complexity index is 868. The molecular formula is C21H21NO7. The SMILES string of the molecule is O=C1c2ccccc2C(=O)N1[C@H]1[C@@H](OCc2ccccc2)O[C@H](CO)[C@@H](O)[C@@H]1O. The molecule has 2 aliphatic heterocycles. The van der Waals surface area contributed by atoms with Gasteiger partial charge in [-0.2, -0.15) is 0 Å². The Balaban J connectivity index is 1.64. The van der Waals surface area contributed by atoms with Gasteiger partial charge in [0.15, 0.2) is 6.29 Å². The Morgan fingerprint density at radius 2 is 1.48 bits per heavy atom. The maximum atomic E-state index is 12.9. The first-order valence-electron chi connectivity index (χ1n) is 9.28. The smallest absolute Gasteiger partial charge is 0.262 e. The lowest BCUT2D eigenvalue weighted by molar-refractivity contribution is -0.282. The van der Waals surface area contributed by atoms with E-state index in [1.807, 2.05) is 30.3 Å². The summed E-state index contributed by atoms with van der Waals surface area (Å²) >= 11 is 0. The molecule has 2 heterocycles. The van der Waals surface area contributed by atoms with Gasteiger partial charge in [-0.25, -0.2) is 0 Å². The fraction of sp³-hybridized carbons (Fsp3) is 0.333. The number of rotatable bonds is 5. The lowest BCUT2D eigenvalue weighted by atomic mass is 9.95. The molecule has 152 valence electrons. The van der Waals surface area contributed by atoms with E-state index in [0.29, 0.717) is 0 Å². The van der Waals surface area contributed by atoms with Gasteiger partial charge in [0.25, 0.3) is 11.8 Å². The molecule has 3 N–H and O–H groups in total. The highest BCUT2D eigenvalue weighted by molar-refractivity contribution is 6.21. The van der Waals surface area contributed by atoms with Gasteiger partial charge in [-0.05, 0) is 17.7 Å². The maximum Gasteiger partial charge on any atom is 0.262 e. The Labute approximate surface area is 166 Å². The van der Waals surface area contributed by atoms with Crippen molar-refractivity contribution >= 4 is 11.8 Å². The molecule has 0 unspecified atom stereocenters. The van der Waals surface area contributed by atoms with Gasteiger partial charge in [0, 0.05) is 0 Å². The van der Waals surface area contributed by atoms with Crippen molar-refractivity contribution in [2.75, 3.05) is 6.61 Å². The number of amides is 2. The van der Waals surface area contributed by atoms with E-state index >= 15 is 0 Å². The minimum atomic E-state index is -1.55. The van der Waals surface area contributed by atoms with Crippen LogP contribution in [0.2, 0.25) is 0 Å². The molecule has 2 aromatic rings. The molecule has 2 aliphatic rings. The van der Waals surface area contributed by atoms with Gasteiger partial charge in [-0.1, -0.05) is 42.5 Å². The van der Waals surface area contributed by atoms with Crippen LogP contribution in [0.25, 0.3) is 0 Å². The van der Waals surface area contributed by atoms with E-state index < -0.39 is 49.1 Å². The number of nitrogens with zero attached hydrogens (tertiary/aromatic N) is 1. The number of hydrogen-bond acceptors (Lipinski definition) is 7. The molecular weight excluding hydrogens is 378 g/mol. The lowest BCUT2D eigenvalue weighted by Crippen LogP contribution is -2.65. The van der Waals surface area contributed by atoms with Crippen molar-refractivity contribution in [3.05, 3.63) is 71.3 Å². The predicted molar refractivity (Wildman–Crippen MR) is 99.7 cm³/mol. The highest BCUT2D eigenvalue weighted by Gasteiger charge is 2.53. The third-order valence-corrected chi connectivity index (χ3v) is 5.23. The molecule has 5 atom stereocenters. The van der Waals surface area contributed by atoms with Crippen LogP contribution in [0.5, 0.6) is 0 Å². The number of fused-ring (bicyclic) bond motifs is 1. The van der Waals surface area contributed by atoms with Gasteiger partial charge in [0.05, 0.1) is 24.3 Å². The quantitative estimate of drug-likeness (QED) is 0.620. The largest absolute Gasteiger partial charge is 0.394 e. The van der Waals surface area contributed by atoms with E-state index in [1.165, 1.54) is 12.1 Å². The van der Waals surface area contributed by atoms with E-state index in [1.54, 1.807) is 12.1 Å². The van der Waals surface area contributed by atoms with Crippen molar-refractivity contribution in [2.24, 2.45) is 0 Å². The third kappa shape index (κ3) is 3.45. The van der Waals surface area contributed by atoms with Crippen molar-refractivity contribution in [1.82, 2.24) is 4.90 Å². The molecule has 0 radical (unpaired) electrons. The fourth-order valence-corrected chi connectivity index (χ4v) is 3.71. The number of carbonyl (C=O) groups excluding carboxylic acids is 2. The summed E-state index contributed by atoms with van der Waals surface area (Å²) in [5.41, 5.74) is 1.24. The Morgan fingerprint density at radius 3 is 2.07 bits per heavy atom. The summed E-state index contributed by atoms with van der Waals surface area (Å²) in [6.45, 7) is -0.468. The molecule has 8 heteroatoms. The average molecular weight is 399 g/mol. The first-order valence-corrected chi connectivity index (χ1v) is 9.28. The second-order valence-electron chi connectivity index (χ2n) is 7.02. The van der Waals surface area contributed by atoms with Gasteiger partial charge in [0.1, 0.15) is 24.4 Å². The van der Waals surface area contributed by atoms with Crippen LogP contribution in [-0.2, 0) is 16.1 Å². The number of ether oxygens (including phenoxy) is 2. The van der Waals surface area contributed by atoms with Gasteiger partial charge < -0.3 is 24.8 Å². The second-order valence-corrected chi connectivity index (χ2v) is 7.02. The Hall–Kier alpha value is -2.62. The lowest BCUT2D eigenvalue weighted by Gasteiger charge is -2.44. The van der Waals surface area contributed by atoms with Crippen LogP contribution >= 0.6 is 0 Å². The van der Waals surface area contributed by atoms with Gasteiger partial charge >= 0.3 is 0 Å². The molecule has 29 heavy (non-hydrogen) atoms. The van der Waals surface area contributed by atoms with Gasteiger partial charge in [0.2, 0.25) is 0 Å². The molecule has 0 spiro atoms. The van der Waals surface area contributed by atoms with Crippen molar-refractivity contribution in [1.29, 1.82) is 0 Å². The van der Waals surface area contributed by atoms with Crippen LogP contribution < -0.4 is 0 Å². The zero-order chi connectivity index (χ0) is 20.5. The van der Waals surface area contributed by atoms with Crippen molar-refractivity contribution in [3.63, 3.8) is 0 Å². The van der Waals surface area contributed by atoms with Crippen LogP contribution in [0.1, 0.15) is 26.3 Å². The molecule has 2 amide bonds. The maximum absolute atomic E-state index is 12.9. The Morgan fingerprint density at radius 1 is 0.897 bits per heavy atom. The summed E-state index contributed by atoms with van der Waals surface area (Å²) < 4.78 is 11.4. The first kappa shape index (κ1) is 19.7. The summed E-state index contributed by atoms with van der Waals surface area (Å²) in [6, 6.07) is 14.2. The minimum Gasteiger partial charge on any atom is -0.394 e. The first-order chi connectivity index (χ1) is 14.0. The summed E-state index contributed by atoms with van der Waals surface area (Å²) in [5.74, 6) is -1.19. The molecule has 8 nitrogen and oxygen atoms in total. The third-order valence-electron chi connectivity index (χ3n) is 5.23. The van der Waals surface area contributed by atoms with Crippen LogP contribution in [-0.4, -0.2) is 69.3 Å². The van der Waals surface area contributed by atoms with Crippen LogP contribution in [0.15, 0.2) is 54.6 Å². The zero-order valence-electron chi connectivity index (χ0n) is 15.4. The number of aliphatic hydroxyl groups is 3. The zero-order valence-corrected chi connectivity index (χ0v) is 15.4. The molecule has 2 aromatic carbocycles. The van der Waals surface area contributed by atoms with Crippen molar-refractivity contribution in [3.8, 4) is 0 Å². The average Bonchev–Trinajstić information content (AvgIpc) is 3.00. The molecule has 4 rings (SSSR count). The molecule has 1 fully saturated rings. The Kier molecular flexibility index (Phi) is 5.44. The normalized spacial score (nSPS) is 29.2. The number of aliphatic hydroxyl groups excluding tert-OH is 3. The molecule has 0 saturated carbocycles. The summed E-state index contributed by atoms with van der Waals surface area (Å²) in [4.78, 5) is 26.6. The fourth-order valence-electron chi connectivity index (χ4n) is 3.71. The minimum absolute atomic E-state index is 0.0894. The molecule has 1 saturated heterocycles. The van der Waals surface area contributed by atoms with Crippen LogP contribution in [0.3, 0.4) is 0 Å². The molecule has 0 bridgehead atoms. The number of benzene rings is 2. The number of hydrogen-bond donors (Lipinski definition) is 3. The van der Waals surface area contributed by atoms with E-state index in [9.17, 15) is 24.9 Å². The highest BCUT2D eigenvalue weighted by atomic mass is 16.7. The molecule has 0 aromatic heterocycles. The number of carbonyl (C=O) groups is 2. The summed E-state index contributed by atoms with van der Waals surface area (Å²) in [7, 11) is 0. The molecule has 0 aliphatic carbocycles. The summed E-state index contributed by atoms with van der Waals surface area (Å²) in [5, 5.41) is 30.5. The number of imide groups is 1. The standard InChI is InChI=1S/C21H21NO7/c23-10-15-17(24)18(25)16(21(29-15)28-11-12-6-2-1-3-7-12)22-19(26)13-8-4-5-9-14(13)20(22)27/h1-9,15-18,21,23-25H,10-11H2/t15-,16-,17-,18-,21+/m1/s1.